The topological polar surface area (TPSA) is 77.9 Å². The van der Waals surface area contributed by atoms with Gasteiger partial charge in [-0.15, -0.1) is 10.2 Å². The average molecular weight is 236 g/mol. The Morgan fingerprint density at radius 2 is 2.31 bits per heavy atom. The number of aromatic nitrogens is 4. The van der Waals surface area contributed by atoms with Crippen molar-refractivity contribution in [2.24, 2.45) is 0 Å². The molecule has 0 unspecified atom stereocenters. The first-order valence-corrected chi connectivity index (χ1v) is 5.40. The Bertz CT molecular complexity index is 485. The van der Waals surface area contributed by atoms with Gasteiger partial charge in [-0.2, -0.15) is 0 Å². The maximum atomic E-state index is 11.3. The zero-order valence-corrected chi connectivity index (χ0v) is 9.27. The van der Waals surface area contributed by atoms with Gasteiger partial charge in [-0.25, -0.2) is 4.79 Å². The molecule has 0 aromatic carbocycles. The van der Waals surface area contributed by atoms with Crippen LogP contribution in [0.15, 0.2) is 18.6 Å². The van der Waals surface area contributed by atoms with Gasteiger partial charge in [0.1, 0.15) is 5.69 Å². The first-order chi connectivity index (χ1) is 7.81. The van der Waals surface area contributed by atoms with Crippen molar-refractivity contribution in [2.75, 3.05) is 6.61 Å². The van der Waals surface area contributed by atoms with Gasteiger partial charge >= 0.3 is 5.97 Å². The summed E-state index contributed by atoms with van der Waals surface area (Å²) in [5.41, 5.74) is 0.593. The monoisotopic (exact) mass is 236 g/mol. The second kappa shape index (κ2) is 4.75. The summed E-state index contributed by atoms with van der Waals surface area (Å²) in [5, 5.41) is 8.37. The van der Waals surface area contributed by atoms with Crippen LogP contribution in [0.3, 0.4) is 0 Å². The fourth-order valence-electron chi connectivity index (χ4n) is 1.01. The Balaban J connectivity index is 2.23. The molecule has 2 heterocycles. The molecule has 0 aliphatic heterocycles. The van der Waals surface area contributed by atoms with Crippen molar-refractivity contribution in [3.05, 3.63) is 23.6 Å². The molecule has 0 amide bonds. The number of ether oxygens (including phenoxy) is 1. The number of carbonyl (C=O) groups is 1. The summed E-state index contributed by atoms with van der Waals surface area (Å²) >= 11 is 1.13. The van der Waals surface area contributed by atoms with Crippen LogP contribution in [0.4, 0.5) is 0 Å². The molecule has 2 aromatic rings. The van der Waals surface area contributed by atoms with Crippen molar-refractivity contribution in [3.63, 3.8) is 0 Å². The summed E-state index contributed by atoms with van der Waals surface area (Å²) in [4.78, 5) is 19.3. The maximum Gasteiger partial charge on any atom is 0.369 e. The largest absolute Gasteiger partial charge is 0.461 e. The van der Waals surface area contributed by atoms with E-state index in [2.05, 4.69) is 20.2 Å². The van der Waals surface area contributed by atoms with Gasteiger partial charge in [0.25, 0.3) is 0 Å². The summed E-state index contributed by atoms with van der Waals surface area (Å²) in [7, 11) is 0. The van der Waals surface area contributed by atoms with Crippen LogP contribution in [0.1, 0.15) is 16.7 Å². The van der Waals surface area contributed by atoms with Crippen molar-refractivity contribution < 1.29 is 9.53 Å². The van der Waals surface area contributed by atoms with E-state index in [4.69, 9.17) is 4.74 Å². The van der Waals surface area contributed by atoms with Gasteiger partial charge in [0.05, 0.1) is 12.8 Å². The summed E-state index contributed by atoms with van der Waals surface area (Å²) in [6, 6.07) is 0. The van der Waals surface area contributed by atoms with Crippen LogP contribution in [0.5, 0.6) is 0 Å². The number of esters is 1. The van der Waals surface area contributed by atoms with Crippen molar-refractivity contribution in [1.82, 2.24) is 20.2 Å². The molecular formula is C9H8N4O2S. The molecule has 0 bridgehead atoms. The smallest absolute Gasteiger partial charge is 0.369 e. The van der Waals surface area contributed by atoms with E-state index in [1.54, 1.807) is 25.5 Å². The lowest BCUT2D eigenvalue weighted by molar-refractivity contribution is 0.0525. The second-order valence-electron chi connectivity index (χ2n) is 2.72. The fourth-order valence-corrected chi connectivity index (χ4v) is 1.71. The molecule has 82 valence electrons. The van der Waals surface area contributed by atoms with Gasteiger partial charge < -0.3 is 4.74 Å². The lowest BCUT2D eigenvalue weighted by Crippen LogP contribution is -2.03. The van der Waals surface area contributed by atoms with Crippen molar-refractivity contribution in [1.29, 1.82) is 0 Å². The van der Waals surface area contributed by atoms with Crippen LogP contribution in [0.25, 0.3) is 10.7 Å². The third kappa shape index (κ3) is 2.19. The molecule has 7 heteroatoms. The first kappa shape index (κ1) is 10.6. The molecule has 2 rings (SSSR count). The number of carbonyl (C=O) groups excluding carboxylic acids is 1. The van der Waals surface area contributed by atoms with Crippen LogP contribution < -0.4 is 0 Å². The van der Waals surface area contributed by atoms with Crippen LogP contribution in [-0.4, -0.2) is 32.7 Å². The van der Waals surface area contributed by atoms with Crippen LogP contribution in [0, 0.1) is 0 Å². The van der Waals surface area contributed by atoms with Crippen LogP contribution >= 0.6 is 11.3 Å². The summed E-state index contributed by atoms with van der Waals surface area (Å²) < 4.78 is 4.81. The third-order valence-electron chi connectivity index (χ3n) is 1.66. The highest BCUT2D eigenvalue weighted by Crippen LogP contribution is 2.20. The zero-order valence-electron chi connectivity index (χ0n) is 8.45. The highest BCUT2D eigenvalue weighted by Gasteiger charge is 2.15. The van der Waals surface area contributed by atoms with E-state index in [1.165, 1.54) is 0 Å². The Morgan fingerprint density at radius 3 is 3.00 bits per heavy atom. The highest BCUT2D eigenvalue weighted by molar-refractivity contribution is 7.16. The van der Waals surface area contributed by atoms with E-state index < -0.39 is 5.97 Å². The molecule has 0 N–H and O–H groups in total. The Hall–Kier alpha value is -1.89. The number of hydrogen-bond acceptors (Lipinski definition) is 7. The van der Waals surface area contributed by atoms with E-state index in [0.717, 1.165) is 11.3 Å². The fraction of sp³-hybridized carbons (Fsp3) is 0.222. The predicted octanol–water partition coefficient (Wildman–Crippen LogP) is 1.17. The Morgan fingerprint density at radius 1 is 1.44 bits per heavy atom. The second-order valence-corrected chi connectivity index (χ2v) is 3.70. The minimum Gasteiger partial charge on any atom is -0.461 e. The number of rotatable bonds is 3. The predicted molar refractivity (Wildman–Crippen MR) is 56.9 cm³/mol. The Kier molecular flexibility index (Phi) is 3.16. The van der Waals surface area contributed by atoms with E-state index in [1.807, 2.05) is 0 Å². The molecular weight excluding hydrogens is 228 g/mol. The molecule has 0 saturated heterocycles. The molecule has 0 atom stereocenters. The summed E-state index contributed by atoms with van der Waals surface area (Å²) in [6.07, 6.45) is 4.69. The van der Waals surface area contributed by atoms with E-state index in [9.17, 15) is 4.79 Å². The highest BCUT2D eigenvalue weighted by atomic mass is 32.1. The Labute approximate surface area is 95.3 Å². The zero-order chi connectivity index (χ0) is 11.4. The third-order valence-corrected chi connectivity index (χ3v) is 2.58. The quantitative estimate of drug-likeness (QED) is 0.744. The SMILES string of the molecule is CCOC(=O)c1nnc(-c2cnccn2)s1. The molecule has 0 aliphatic rings. The number of nitrogens with zero attached hydrogens (tertiary/aromatic N) is 4. The molecule has 16 heavy (non-hydrogen) atoms. The van der Waals surface area contributed by atoms with E-state index in [-0.39, 0.29) is 5.01 Å². The minimum absolute atomic E-state index is 0.225. The normalized spacial score (nSPS) is 10.1. The van der Waals surface area contributed by atoms with Crippen LogP contribution in [-0.2, 0) is 4.74 Å². The van der Waals surface area contributed by atoms with Gasteiger partial charge in [0.2, 0.25) is 5.01 Å². The standard InChI is InChI=1S/C9H8N4O2S/c1-2-15-9(14)8-13-12-7(16-8)6-5-10-3-4-11-6/h3-5H,2H2,1H3. The van der Waals surface area contributed by atoms with Gasteiger partial charge in [-0.3, -0.25) is 9.97 Å². The van der Waals surface area contributed by atoms with E-state index in [0.29, 0.717) is 17.3 Å². The van der Waals surface area contributed by atoms with Gasteiger partial charge in [0, 0.05) is 12.4 Å². The van der Waals surface area contributed by atoms with Crippen molar-refractivity contribution in [3.8, 4) is 10.7 Å². The lowest BCUT2D eigenvalue weighted by Gasteiger charge is -1.94. The average Bonchev–Trinajstić information content (AvgIpc) is 2.80. The van der Waals surface area contributed by atoms with Crippen molar-refractivity contribution in [2.45, 2.75) is 6.92 Å². The molecule has 0 saturated carbocycles. The molecule has 6 nitrogen and oxygen atoms in total. The van der Waals surface area contributed by atoms with Crippen LogP contribution in [0.2, 0.25) is 0 Å². The first-order valence-electron chi connectivity index (χ1n) is 4.58. The maximum absolute atomic E-state index is 11.3. The van der Waals surface area contributed by atoms with E-state index >= 15 is 0 Å². The molecule has 0 aliphatic carbocycles. The van der Waals surface area contributed by atoms with Gasteiger partial charge in [-0.05, 0) is 6.92 Å². The molecule has 0 spiro atoms. The molecule has 2 aromatic heterocycles. The lowest BCUT2D eigenvalue weighted by atomic mass is 10.5. The molecule has 0 radical (unpaired) electrons. The number of hydrogen-bond donors (Lipinski definition) is 0. The van der Waals surface area contributed by atoms with Crippen molar-refractivity contribution >= 4 is 17.3 Å². The van der Waals surface area contributed by atoms with Gasteiger partial charge in [-0.1, -0.05) is 11.3 Å². The summed E-state index contributed by atoms with van der Waals surface area (Å²) in [5.74, 6) is -0.463. The minimum atomic E-state index is -0.463. The summed E-state index contributed by atoms with van der Waals surface area (Å²) in [6.45, 7) is 2.06. The molecule has 0 fully saturated rings. The van der Waals surface area contributed by atoms with Gasteiger partial charge in [0.15, 0.2) is 5.01 Å².